The van der Waals surface area contributed by atoms with E-state index in [2.05, 4.69) is 20.4 Å². The topological polar surface area (TPSA) is 81.9 Å². The highest BCUT2D eigenvalue weighted by atomic mass is 16.5. The van der Waals surface area contributed by atoms with Crippen LogP contribution < -0.4 is 10.1 Å². The second-order valence-electron chi connectivity index (χ2n) is 5.46. The van der Waals surface area contributed by atoms with Gasteiger partial charge in [-0.3, -0.25) is 14.5 Å². The fraction of sp³-hybridized carbons (Fsp3) is 0.222. The van der Waals surface area contributed by atoms with Crippen LogP contribution in [0.15, 0.2) is 49.1 Å². The second-order valence-corrected chi connectivity index (χ2v) is 5.46. The van der Waals surface area contributed by atoms with Crippen molar-refractivity contribution >= 4 is 5.91 Å². The molecule has 3 aromatic rings. The average Bonchev–Trinajstić information content (AvgIpc) is 3.07. The van der Waals surface area contributed by atoms with Crippen molar-refractivity contribution in [1.82, 2.24) is 25.1 Å². The summed E-state index contributed by atoms with van der Waals surface area (Å²) in [5, 5.41) is 6.98. The van der Waals surface area contributed by atoms with Gasteiger partial charge in [0.05, 0.1) is 24.1 Å². The number of aromatic nitrogens is 4. The smallest absolute Gasteiger partial charge is 0.253 e. The molecule has 0 aliphatic rings. The first-order valence-corrected chi connectivity index (χ1v) is 7.96. The lowest BCUT2D eigenvalue weighted by molar-refractivity contribution is 0.0950. The summed E-state index contributed by atoms with van der Waals surface area (Å²) >= 11 is 0. The summed E-state index contributed by atoms with van der Waals surface area (Å²) in [5.74, 6) is 0.320. The summed E-state index contributed by atoms with van der Waals surface area (Å²) in [6.07, 6.45) is 6.93. The Hall–Kier alpha value is -3.22. The number of carbonyl (C=O) groups excluding carboxylic acids is 1. The molecule has 7 heteroatoms. The number of ether oxygens (including phenoxy) is 1. The van der Waals surface area contributed by atoms with Crippen LogP contribution in [0.4, 0.5) is 0 Å². The lowest BCUT2D eigenvalue weighted by Crippen LogP contribution is -2.23. The Labute approximate surface area is 145 Å². The maximum atomic E-state index is 12.2. The molecule has 0 radical (unpaired) electrons. The van der Waals surface area contributed by atoms with Crippen molar-refractivity contribution in [3.8, 4) is 17.1 Å². The van der Waals surface area contributed by atoms with Gasteiger partial charge in [-0.15, -0.1) is 0 Å². The molecule has 0 saturated carbocycles. The van der Waals surface area contributed by atoms with E-state index in [9.17, 15) is 4.79 Å². The highest BCUT2D eigenvalue weighted by Crippen LogP contribution is 2.15. The molecule has 128 valence electrons. The van der Waals surface area contributed by atoms with Crippen molar-refractivity contribution in [2.24, 2.45) is 7.05 Å². The van der Waals surface area contributed by atoms with Crippen LogP contribution in [0.5, 0.6) is 5.88 Å². The number of aryl methyl sites for hydroxylation is 1. The van der Waals surface area contributed by atoms with Crippen LogP contribution >= 0.6 is 0 Å². The normalized spacial score (nSPS) is 10.5. The van der Waals surface area contributed by atoms with Gasteiger partial charge in [0.1, 0.15) is 0 Å². The second kappa shape index (κ2) is 7.57. The summed E-state index contributed by atoms with van der Waals surface area (Å²) in [6.45, 7) is 2.82. The van der Waals surface area contributed by atoms with E-state index >= 15 is 0 Å². The summed E-state index contributed by atoms with van der Waals surface area (Å²) in [5.41, 5.74) is 3.21. The number of rotatable bonds is 6. The Bertz CT molecular complexity index is 841. The van der Waals surface area contributed by atoms with E-state index in [1.54, 1.807) is 29.2 Å². The fourth-order valence-electron chi connectivity index (χ4n) is 2.29. The molecule has 0 aliphatic carbocycles. The van der Waals surface area contributed by atoms with Crippen LogP contribution in [-0.2, 0) is 13.6 Å². The molecule has 25 heavy (non-hydrogen) atoms. The maximum absolute atomic E-state index is 12.2. The third kappa shape index (κ3) is 4.20. The number of hydrogen-bond donors (Lipinski definition) is 1. The van der Waals surface area contributed by atoms with E-state index in [1.807, 2.05) is 32.3 Å². The number of nitrogens with one attached hydrogen (secondary N) is 1. The molecule has 3 aromatic heterocycles. The van der Waals surface area contributed by atoms with E-state index in [4.69, 9.17) is 4.74 Å². The molecule has 3 heterocycles. The Morgan fingerprint density at radius 3 is 2.64 bits per heavy atom. The third-order valence-corrected chi connectivity index (χ3v) is 3.57. The molecular weight excluding hydrogens is 318 g/mol. The van der Waals surface area contributed by atoms with Gasteiger partial charge in [-0.1, -0.05) is 6.07 Å². The molecule has 1 amide bonds. The number of nitrogens with zero attached hydrogens (tertiary/aromatic N) is 4. The van der Waals surface area contributed by atoms with Crippen LogP contribution in [-0.4, -0.2) is 32.3 Å². The number of carbonyl (C=O) groups is 1. The lowest BCUT2D eigenvalue weighted by atomic mass is 10.2. The Morgan fingerprint density at radius 2 is 2.04 bits per heavy atom. The van der Waals surface area contributed by atoms with E-state index in [0.717, 1.165) is 16.8 Å². The van der Waals surface area contributed by atoms with Crippen LogP contribution in [0.25, 0.3) is 11.3 Å². The first-order chi connectivity index (χ1) is 12.2. The van der Waals surface area contributed by atoms with Gasteiger partial charge in [0, 0.05) is 43.8 Å². The number of hydrogen-bond acceptors (Lipinski definition) is 5. The molecule has 0 saturated heterocycles. The van der Waals surface area contributed by atoms with Crippen LogP contribution in [0, 0.1) is 0 Å². The summed E-state index contributed by atoms with van der Waals surface area (Å²) in [6, 6.07) is 7.22. The highest BCUT2D eigenvalue weighted by molar-refractivity contribution is 5.93. The summed E-state index contributed by atoms with van der Waals surface area (Å²) in [7, 11) is 1.86. The zero-order chi connectivity index (χ0) is 17.6. The minimum absolute atomic E-state index is 0.188. The Morgan fingerprint density at radius 1 is 1.16 bits per heavy atom. The zero-order valence-corrected chi connectivity index (χ0v) is 14.1. The summed E-state index contributed by atoms with van der Waals surface area (Å²) in [4.78, 5) is 20.7. The molecule has 0 bridgehead atoms. The van der Waals surface area contributed by atoms with Gasteiger partial charge < -0.3 is 10.1 Å². The molecule has 7 nitrogen and oxygen atoms in total. The summed E-state index contributed by atoms with van der Waals surface area (Å²) < 4.78 is 6.99. The van der Waals surface area contributed by atoms with Gasteiger partial charge in [0.25, 0.3) is 5.91 Å². The van der Waals surface area contributed by atoms with Crippen molar-refractivity contribution in [3.63, 3.8) is 0 Å². The largest absolute Gasteiger partial charge is 0.478 e. The predicted octanol–water partition coefficient (Wildman–Crippen LogP) is 2.21. The van der Waals surface area contributed by atoms with Crippen LogP contribution in [0.3, 0.4) is 0 Å². The fourth-order valence-corrected chi connectivity index (χ4v) is 2.29. The van der Waals surface area contributed by atoms with E-state index < -0.39 is 0 Å². The van der Waals surface area contributed by atoms with Crippen LogP contribution in [0.2, 0.25) is 0 Å². The Kier molecular flexibility index (Phi) is 5.03. The molecule has 1 N–H and O–H groups in total. The molecule has 0 aliphatic heterocycles. The van der Waals surface area contributed by atoms with Crippen molar-refractivity contribution in [2.75, 3.05) is 6.61 Å². The zero-order valence-electron chi connectivity index (χ0n) is 14.1. The van der Waals surface area contributed by atoms with Crippen molar-refractivity contribution in [1.29, 1.82) is 0 Å². The van der Waals surface area contributed by atoms with Gasteiger partial charge in [-0.05, 0) is 24.6 Å². The average molecular weight is 337 g/mol. The van der Waals surface area contributed by atoms with Crippen LogP contribution in [0.1, 0.15) is 22.8 Å². The standard InChI is InChI=1S/C18H19N5O2/c1-3-25-17-7-5-14(10-20-17)18(24)21-9-13-4-6-16(19-8-13)15-11-22-23(2)12-15/h4-8,10-12H,3,9H2,1-2H3,(H,21,24). The maximum Gasteiger partial charge on any atom is 0.253 e. The predicted molar refractivity (Wildman–Crippen MR) is 93.0 cm³/mol. The molecule has 3 rings (SSSR count). The molecule has 0 spiro atoms. The first kappa shape index (κ1) is 16.6. The van der Waals surface area contributed by atoms with Gasteiger partial charge in [-0.2, -0.15) is 5.10 Å². The van der Waals surface area contributed by atoms with Crippen molar-refractivity contribution in [2.45, 2.75) is 13.5 Å². The van der Waals surface area contributed by atoms with E-state index in [-0.39, 0.29) is 5.91 Å². The SMILES string of the molecule is CCOc1ccc(C(=O)NCc2ccc(-c3cnn(C)c3)nc2)cn1. The minimum Gasteiger partial charge on any atom is -0.478 e. The van der Waals surface area contributed by atoms with E-state index in [0.29, 0.717) is 24.6 Å². The van der Waals surface area contributed by atoms with Gasteiger partial charge in [0.15, 0.2) is 0 Å². The quantitative estimate of drug-likeness (QED) is 0.746. The molecule has 0 unspecified atom stereocenters. The van der Waals surface area contributed by atoms with E-state index in [1.165, 1.54) is 6.20 Å². The minimum atomic E-state index is -0.188. The molecule has 0 atom stereocenters. The van der Waals surface area contributed by atoms with Gasteiger partial charge in [-0.25, -0.2) is 4.98 Å². The number of pyridine rings is 2. The third-order valence-electron chi connectivity index (χ3n) is 3.57. The van der Waals surface area contributed by atoms with Crippen molar-refractivity contribution < 1.29 is 9.53 Å². The lowest BCUT2D eigenvalue weighted by Gasteiger charge is -2.06. The Balaban J connectivity index is 1.58. The molecule has 0 aromatic carbocycles. The van der Waals surface area contributed by atoms with Gasteiger partial charge in [0.2, 0.25) is 5.88 Å². The monoisotopic (exact) mass is 337 g/mol. The van der Waals surface area contributed by atoms with Crippen molar-refractivity contribution in [3.05, 3.63) is 60.2 Å². The molecular formula is C18H19N5O2. The molecule has 0 fully saturated rings. The highest BCUT2D eigenvalue weighted by Gasteiger charge is 2.07. The van der Waals surface area contributed by atoms with Gasteiger partial charge >= 0.3 is 0 Å². The first-order valence-electron chi connectivity index (χ1n) is 7.96. The number of amides is 1.